The smallest absolute Gasteiger partial charge is 0.352 e. The number of hydrogen-bond donors (Lipinski definition) is 1. The molecule has 1 aromatic rings. The first-order chi connectivity index (χ1) is 9.58. The van der Waals surface area contributed by atoms with Gasteiger partial charge in [0.05, 0.1) is 11.0 Å². The standard InChI is InChI=1S/C14H20N2O4/c1-10(2)19-12-4-3-5-13(14(12)16(17)18)20-11-6-8-15-9-7-11/h3-5,10-11,15H,6-9H2,1-2H3. The molecule has 6 heteroatoms. The molecule has 110 valence electrons. The lowest BCUT2D eigenvalue weighted by Gasteiger charge is -2.24. The van der Waals surface area contributed by atoms with Crippen LogP contribution in [0.4, 0.5) is 5.69 Å². The van der Waals surface area contributed by atoms with Gasteiger partial charge in [0.2, 0.25) is 11.5 Å². The summed E-state index contributed by atoms with van der Waals surface area (Å²) in [4.78, 5) is 10.9. The van der Waals surface area contributed by atoms with Crippen LogP contribution >= 0.6 is 0 Å². The van der Waals surface area contributed by atoms with E-state index in [9.17, 15) is 10.1 Å². The minimum Gasteiger partial charge on any atom is -0.484 e. The number of piperidine rings is 1. The fourth-order valence-electron chi connectivity index (χ4n) is 2.22. The van der Waals surface area contributed by atoms with Gasteiger partial charge in [0, 0.05) is 0 Å². The van der Waals surface area contributed by atoms with Crippen LogP contribution in [0.2, 0.25) is 0 Å². The number of nitro groups is 1. The number of hydrogen-bond acceptors (Lipinski definition) is 5. The van der Waals surface area contributed by atoms with Gasteiger partial charge in [0.1, 0.15) is 6.10 Å². The number of rotatable bonds is 5. The van der Waals surface area contributed by atoms with Gasteiger partial charge in [-0.05, 0) is 51.9 Å². The Hall–Kier alpha value is -1.82. The molecule has 0 aromatic heterocycles. The summed E-state index contributed by atoms with van der Waals surface area (Å²) in [6.45, 7) is 5.43. The van der Waals surface area contributed by atoms with Crippen LogP contribution in [-0.2, 0) is 0 Å². The van der Waals surface area contributed by atoms with Crippen molar-refractivity contribution < 1.29 is 14.4 Å². The topological polar surface area (TPSA) is 73.6 Å². The molecule has 0 radical (unpaired) electrons. The molecule has 0 amide bonds. The van der Waals surface area contributed by atoms with Crippen LogP contribution in [-0.4, -0.2) is 30.2 Å². The molecule has 1 aliphatic heterocycles. The van der Waals surface area contributed by atoms with E-state index in [4.69, 9.17) is 9.47 Å². The number of nitro benzene ring substituents is 1. The normalized spacial score (nSPS) is 16.1. The van der Waals surface area contributed by atoms with E-state index in [2.05, 4.69) is 5.32 Å². The summed E-state index contributed by atoms with van der Waals surface area (Å²) >= 11 is 0. The zero-order valence-electron chi connectivity index (χ0n) is 11.8. The fourth-order valence-corrected chi connectivity index (χ4v) is 2.22. The molecule has 0 atom stereocenters. The van der Waals surface area contributed by atoms with Crippen molar-refractivity contribution in [2.75, 3.05) is 13.1 Å². The van der Waals surface area contributed by atoms with Crippen LogP contribution in [0.1, 0.15) is 26.7 Å². The van der Waals surface area contributed by atoms with Crippen LogP contribution in [0.25, 0.3) is 0 Å². The maximum atomic E-state index is 11.3. The summed E-state index contributed by atoms with van der Waals surface area (Å²) in [6.07, 6.45) is 1.60. The van der Waals surface area contributed by atoms with Crippen molar-refractivity contribution in [3.8, 4) is 11.5 Å². The molecule has 1 aromatic carbocycles. The van der Waals surface area contributed by atoms with Gasteiger partial charge in [-0.15, -0.1) is 0 Å². The Morgan fingerprint density at radius 1 is 1.30 bits per heavy atom. The van der Waals surface area contributed by atoms with Crippen molar-refractivity contribution in [3.05, 3.63) is 28.3 Å². The highest BCUT2D eigenvalue weighted by Gasteiger charge is 2.25. The van der Waals surface area contributed by atoms with Gasteiger partial charge in [0.25, 0.3) is 0 Å². The Balaban J connectivity index is 2.24. The van der Waals surface area contributed by atoms with E-state index in [0.717, 1.165) is 25.9 Å². The monoisotopic (exact) mass is 280 g/mol. The van der Waals surface area contributed by atoms with E-state index in [1.54, 1.807) is 18.2 Å². The quantitative estimate of drug-likeness (QED) is 0.662. The van der Waals surface area contributed by atoms with E-state index in [1.807, 2.05) is 13.8 Å². The maximum absolute atomic E-state index is 11.3. The average Bonchev–Trinajstić information content (AvgIpc) is 2.39. The first-order valence-electron chi connectivity index (χ1n) is 6.89. The Bertz CT molecular complexity index is 470. The molecule has 1 aliphatic rings. The highest BCUT2D eigenvalue weighted by atomic mass is 16.6. The van der Waals surface area contributed by atoms with Crippen molar-refractivity contribution in [3.63, 3.8) is 0 Å². The second kappa shape index (κ2) is 6.56. The molecular formula is C14H20N2O4. The van der Waals surface area contributed by atoms with Gasteiger partial charge in [-0.25, -0.2) is 0 Å². The Labute approximate surface area is 118 Å². The van der Waals surface area contributed by atoms with E-state index in [-0.39, 0.29) is 23.6 Å². The van der Waals surface area contributed by atoms with Crippen LogP contribution in [0.15, 0.2) is 18.2 Å². The molecule has 1 fully saturated rings. The van der Waals surface area contributed by atoms with Gasteiger partial charge >= 0.3 is 5.69 Å². The van der Waals surface area contributed by atoms with E-state index in [0.29, 0.717) is 5.75 Å². The molecule has 1 N–H and O–H groups in total. The van der Waals surface area contributed by atoms with Crippen molar-refractivity contribution in [1.29, 1.82) is 0 Å². The van der Waals surface area contributed by atoms with Gasteiger partial charge in [-0.3, -0.25) is 10.1 Å². The third-order valence-electron chi connectivity index (χ3n) is 3.09. The second-order valence-corrected chi connectivity index (χ2v) is 5.09. The lowest BCUT2D eigenvalue weighted by atomic mass is 10.1. The van der Waals surface area contributed by atoms with Crippen molar-refractivity contribution in [2.24, 2.45) is 0 Å². The maximum Gasteiger partial charge on any atom is 0.352 e. The summed E-state index contributed by atoms with van der Waals surface area (Å²) in [6, 6.07) is 4.96. The Morgan fingerprint density at radius 2 is 1.95 bits per heavy atom. The zero-order chi connectivity index (χ0) is 14.5. The molecule has 1 heterocycles. The molecular weight excluding hydrogens is 260 g/mol. The molecule has 0 bridgehead atoms. The highest BCUT2D eigenvalue weighted by molar-refractivity contribution is 5.57. The van der Waals surface area contributed by atoms with E-state index < -0.39 is 4.92 Å². The van der Waals surface area contributed by atoms with Crippen molar-refractivity contribution >= 4 is 5.69 Å². The SMILES string of the molecule is CC(C)Oc1cccc(OC2CCNCC2)c1[N+](=O)[O-]. The summed E-state index contributed by atoms with van der Waals surface area (Å²) in [5, 5.41) is 14.5. The van der Waals surface area contributed by atoms with Gasteiger partial charge in [-0.2, -0.15) is 0 Å². The summed E-state index contributed by atoms with van der Waals surface area (Å²) in [5.41, 5.74) is -0.0836. The minimum atomic E-state index is -0.436. The molecule has 0 saturated carbocycles. The predicted molar refractivity (Wildman–Crippen MR) is 75.4 cm³/mol. The Kier molecular flexibility index (Phi) is 4.79. The third-order valence-corrected chi connectivity index (χ3v) is 3.09. The van der Waals surface area contributed by atoms with Crippen LogP contribution in [0.5, 0.6) is 11.5 Å². The lowest BCUT2D eigenvalue weighted by Crippen LogP contribution is -2.34. The molecule has 6 nitrogen and oxygen atoms in total. The third kappa shape index (κ3) is 3.60. The minimum absolute atomic E-state index is 0.0178. The number of ether oxygens (including phenoxy) is 2. The number of para-hydroxylation sites is 1. The molecule has 0 unspecified atom stereocenters. The van der Waals surface area contributed by atoms with Crippen LogP contribution < -0.4 is 14.8 Å². The molecule has 0 aliphatic carbocycles. The summed E-state index contributed by atoms with van der Waals surface area (Å²) in [5.74, 6) is 0.552. The van der Waals surface area contributed by atoms with E-state index in [1.165, 1.54) is 0 Å². The number of nitrogens with zero attached hydrogens (tertiary/aromatic N) is 1. The lowest BCUT2D eigenvalue weighted by molar-refractivity contribution is -0.387. The largest absolute Gasteiger partial charge is 0.484 e. The molecule has 2 rings (SSSR count). The zero-order valence-corrected chi connectivity index (χ0v) is 11.8. The first kappa shape index (κ1) is 14.6. The molecule has 20 heavy (non-hydrogen) atoms. The van der Waals surface area contributed by atoms with Crippen LogP contribution in [0, 0.1) is 10.1 Å². The molecule has 1 saturated heterocycles. The average molecular weight is 280 g/mol. The van der Waals surface area contributed by atoms with Gasteiger partial charge in [-0.1, -0.05) is 6.07 Å². The first-order valence-corrected chi connectivity index (χ1v) is 6.89. The Morgan fingerprint density at radius 3 is 2.55 bits per heavy atom. The fraction of sp³-hybridized carbons (Fsp3) is 0.571. The number of nitrogens with one attached hydrogen (secondary N) is 1. The van der Waals surface area contributed by atoms with Gasteiger partial charge in [0.15, 0.2) is 0 Å². The summed E-state index contributed by atoms with van der Waals surface area (Å²) < 4.78 is 11.3. The molecule has 0 spiro atoms. The predicted octanol–water partition coefficient (Wildman–Crippen LogP) is 2.51. The summed E-state index contributed by atoms with van der Waals surface area (Å²) in [7, 11) is 0. The second-order valence-electron chi connectivity index (χ2n) is 5.09. The van der Waals surface area contributed by atoms with Crippen molar-refractivity contribution in [1.82, 2.24) is 5.32 Å². The number of benzene rings is 1. The van der Waals surface area contributed by atoms with E-state index >= 15 is 0 Å². The van der Waals surface area contributed by atoms with Crippen molar-refractivity contribution in [2.45, 2.75) is 38.9 Å². The van der Waals surface area contributed by atoms with Crippen LogP contribution in [0.3, 0.4) is 0 Å². The highest BCUT2D eigenvalue weighted by Crippen LogP contribution is 2.38. The van der Waals surface area contributed by atoms with Gasteiger partial charge < -0.3 is 14.8 Å².